The number of fused-ring (bicyclic) bond motifs is 1. The second-order valence-corrected chi connectivity index (χ2v) is 8.82. The number of nitrogens with zero attached hydrogens (tertiary/aromatic N) is 3. The molecular formula is C20H22F3N5O4S. The lowest BCUT2D eigenvalue weighted by Crippen LogP contribution is -2.31. The molecule has 2 N–H and O–H groups in total. The molecular weight excluding hydrogens is 463 g/mol. The van der Waals surface area contributed by atoms with E-state index in [0.717, 1.165) is 4.90 Å². The molecule has 0 saturated heterocycles. The number of methoxy groups -OCH3 is 2. The van der Waals surface area contributed by atoms with Gasteiger partial charge in [-0.05, 0) is 25.2 Å². The standard InChI is InChI=1S/C20H22F3N5O4S/c1-24-33(29,30)13-5-6-16(28(2)10-20(21,22)23)14(9-13)27-19-18-15(25-11-26-19)7-12(31-3)8-17(18)32-4/h5-9,11,24H,10H2,1-4H3,(H,25,26,27). The molecule has 3 aromatic rings. The highest BCUT2D eigenvalue weighted by Crippen LogP contribution is 2.38. The van der Waals surface area contributed by atoms with Gasteiger partial charge in [0.1, 0.15) is 30.2 Å². The molecule has 33 heavy (non-hydrogen) atoms. The highest BCUT2D eigenvalue weighted by Gasteiger charge is 2.30. The van der Waals surface area contributed by atoms with Gasteiger partial charge in [0.05, 0.1) is 41.4 Å². The number of halogens is 3. The molecule has 178 valence electrons. The second kappa shape index (κ2) is 9.27. The van der Waals surface area contributed by atoms with Crippen LogP contribution in [0.3, 0.4) is 0 Å². The fraction of sp³-hybridized carbons (Fsp3) is 0.300. The summed E-state index contributed by atoms with van der Waals surface area (Å²) in [6, 6.07) is 7.00. The Balaban J connectivity index is 2.19. The largest absolute Gasteiger partial charge is 0.497 e. The number of aromatic nitrogens is 2. The molecule has 3 rings (SSSR count). The summed E-state index contributed by atoms with van der Waals surface area (Å²) in [5, 5.41) is 3.39. The van der Waals surface area contributed by atoms with E-state index in [4.69, 9.17) is 9.47 Å². The minimum Gasteiger partial charge on any atom is -0.497 e. The van der Waals surface area contributed by atoms with Crippen LogP contribution in [0.5, 0.6) is 11.5 Å². The van der Waals surface area contributed by atoms with Gasteiger partial charge in [0, 0.05) is 19.2 Å². The molecule has 1 heterocycles. The molecule has 0 amide bonds. The average Bonchev–Trinajstić information content (AvgIpc) is 2.77. The Morgan fingerprint density at radius 1 is 1.09 bits per heavy atom. The van der Waals surface area contributed by atoms with Crippen molar-refractivity contribution in [2.45, 2.75) is 11.1 Å². The molecule has 0 aliphatic rings. The van der Waals surface area contributed by atoms with Gasteiger partial charge in [-0.15, -0.1) is 0 Å². The number of hydrogen-bond acceptors (Lipinski definition) is 8. The third-order valence-electron chi connectivity index (χ3n) is 4.76. The lowest BCUT2D eigenvalue weighted by Gasteiger charge is -2.25. The van der Waals surface area contributed by atoms with Crippen molar-refractivity contribution in [2.24, 2.45) is 0 Å². The van der Waals surface area contributed by atoms with Gasteiger partial charge in [-0.3, -0.25) is 0 Å². The van der Waals surface area contributed by atoms with Crippen LogP contribution in [0, 0.1) is 0 Å². The van der Waals surface area contributed by atoms with Gasteiger partial charge in [0.2, 0.25) is 10.0 Å². The van der Waals surface area contributed by atoms with Crippen LogP contribution in [0.1, 0.15) is 0 Å². The van der Waals surface area contributed by atoms with Crippen molar-refractivity contribution in [3.8, 4) is 11.5 Å². The van der Waals surface area contributed by atoms with Crippen molar-refractivity contribution in [2.75, 3.05) is 45.1 Å². The van der Waals surface area contributed by atoms with Gasteiger partial charge in [0.15, 0.2) is 0 Å². The van der Waals surface area contributed by atoms with Crippen molar-refractivity contribution in [1.29, 1.82) is 0 Å². The summed E-state index contributed by atoms with van der Waals surface area (Å²) in [5.74, 6) is 1.05. The molecule has 0 aliphatic carbocycles. The van der Waals surface area contributed by atoms with Gasteiger partial charge in [-0.25, -0.2) is 23.1 Å². The SMILES string of the molecule is CNS(=O)(=O)c1ccc(N(C)CC(F)(F)F)c(Nc2ncnc3cc(OC)cc(OC)c23)c1. The Labute approximate surface area is 188 Å². The van der Waals surface area contributed by atoms with Crippen molar-refractivity contribution >= 4 is 38.1 Å². The van der Waals surface area contributed by atoms with Crippen LogP contribution in [0.25, 0.3) is 10.9 Å². The van der Waals surface area contributed by atoms with Crippen LogP contribution in [-0.2, 0) is 10.0 Å². The number of benzene rings is 2. The van der Waals surface area contributed by atoms with Crippen LogP contribution in [0.2, 0.25) is 0 Å². The summed E-state index contributed by atoms with van der Waals surface area (Å²) < 4.78 is 76.6. The highest BCUT2D eigenvalue weighted by molar-refractivity contribution is 7.89. The number of sulfonamides is 1. The molecule has 0 aliphatic heterocycles. The third-order valence-corrected chi connectivity index (χ3v) is 6.17. The zero-order valence-corrected chi connectivity index (χ0v) is 19.0. The summed E-state index contributed by atoms with van der Waals surface area (Å²) in [5.41, 5.74) is 0.658. The van der Waals surface area contributed by atoms with E-state index in [1.54, 1.807) is 12.1 Å². The summed E-state index contributed by atoms with van der Waals surface area (Å²) in [7, 11) is 1.55. The summed E-state index contributed by atoms with van der Waals surface area (Å²) in [4.78, 5) is 9.23. The Morgan fingerprint density at radius 2 is 1.82 bits per heavy atom. The van der Waals surface area contributed by atoms with Crippen LogP contribution in [-0.4, -0.2) is 59.4 Å². The van der Waals surface area contributed by atoms with Gasteiger partial charge in [0.25, 0.3) is 0 Å². The van der Waals surface area contributed by atoms with E-state index in [2.05, 4.69) is 20.0 Å². The number of anilines is 3. The Bertz CT molecular complexity index is 1270. The van der Waals surface area contributed by atoms with Crippen LogP contribution in [0.4, 0.5) is 30.4 Å². The molecule has 0 spiro atoms. The predicted molar refractivity (Wildman–Crippen MR) is 118 cm³/mol. The first kappa shape index (κ1) is 24.3. The molecule has 0 unspecified atom stereocenters. The number of nitrogens with one attached hydrogen (secondary N) is 2. The molecule has 0 radical (unpaired) electrons. The highest BCUT2D eigenvalue weighted by atomic mass is 32.2. The Morgan fingerprint density at radius 3 is 2.42 bits per heavy atom. The van der Waals surface area contributed by atoms with E-state index in [1.165, 1.54) is 52.8 Å². The number of hydrogen-bond donors (Lipinski definition) is 2. The second-order valence-electron chi connectivity index (χ2n) is 6.93. The molecule has 0 atom stereocenters. The maximum atomic E-state index is 13.0. The first-order chi connectivity index (χ1) is 15.5. The van der Waals surface area contributed by atoms with E-state index >= 15 is 0 Å². The van der Waals surface area contributed by atoms with E-state index in [1.807, 2.05) is 0 Å². The minimum atomic E-state index is -4.47. The van der Waals surface area contributed by atoms with Crippen LogP contribution >= 0.6 is 0 Å². The molecule has 0 saturated carbocycles. The molecule has 0 fully saturated rings. The monoisotopic (exact) mass is 485 g/mol. The Hall–Kier alpha value is -3.32. The van der Waals surface area contributed by atoms with E-state index in [-0.39, 0.29) is 22.1 Å². The smallest absolute Gasteiger partial charge is 0.405 e. The van der Waals surface area contributed by atoms with Crippen molar-refractivity contribution in [3.05, 3.63) is 36.7 Å². The number of rotatable bonds is 8. The van der Waals surface area contributed by atoms with Gasteiger partial charge < -0.3 is 19.7 Å². The van der Waals surface area contributed by atoms with Crippen molar-refractivity contribution < 1.29 is 31.1 Å². The van der Waals surface area contributed by atoms with Crippen molar-refractivity contribution in [3.63, 3.8) is 0 Å². The van der Waals surface area contributed by atoms with Crippen LogP contribution in [0.15, 0.2) is 41.6 Å². The first-order valence-corrected chi connectivity index (χ1v) is 11.0. The molecule has 9 nitrogen and oxygen atoms in total. The fourth-order valence-corrected chi connectivity index (χ4v) is 3.97. The van der Waals surface area contributed by atoms with Crippen LogP contribution < -0.4 is 24.4 Å². The molecule has 2 aromatic carbocycles. The normalized spacial score (nSPS) is 12.0. The van der Waals surface area contributed by atoms with E-state index < -0.39 is 22.7 Å². The first-order valence-electron chi connectivity index (χ1n) is 9.48. The van der Waals surface area contributed by atoms with E-state index in [0.29, 0.717) is 22.4 Å². The summed E-state index contributed by atoms with van der Waals surface area (Å²) >= 11 is 0. The van der Waals surface area contributed by atoms with Gasteiger partial charge in [-0.2, -0.15) is 13.2 Å². The maximum absolute atomic E-state index is 13.0. The maximum Gasteiger partial charge on any atom is 0.405 e. The lowest BCUT2D eigenvalue weighted by molar-refractivity contribution is -0.119. The molecule has 1 aromatic heterocycles. The Kier molecular flexibility index (Phi) is 6.84. The number of alkyl halides is 3. The molecule has 13 heteroatoms. The minimum absolute atomic E-state index is 0.0935. The molecule has 0 bridgehead atoms. The zero-order valence-electron chi connectivity index (χ0n) is 18.2. The average molecular weight is 485 g/mol. The van der Waals surface area contributed by atoms with Crippen molar-refractivity contribution in [1.82, 2.24) is 14.7 Å². The summed E-state index contributed by atoms with van der Waals surface area (Å²) in [6.45, 7) is -1.25. The fourth-order valence-electron chi connectivity index (χ4n) is 3.22. The summed E-state index contributed by atoms with van der Waals surface area (Å²) in [6.07, 6.45) is -3.21. The zero-order chi connectivity index (χ0) is 24.4. The number of ether oxygens (including phenoxy) is 2. The third kappa shape index (κ3) is 5.37. The quantitative estimate of drug-likeness (QED) is 0.501. The predicted octanol–water partition coefficient (Wildman–Crippen LogP) is 3.30. The topological polar surface area (TPSA) is 106 Å². The van der Waals surface area contributed by atoms with E-state index in [9.17, 15) is 21.6 Å². The lowest BCUT2D eigenvalue weighted by atomic mass is 10.2. The van der Waals surface area contributed by atoms with Gasteiger partial charge >= 0.3 is 6.18 Å². The van der Waals surface area contributed by atoms with Gasteiger partial charge in [-0.1, -0.05) is 0 Å².